The number of alkyl halides is 1. The summed E-state index contributed by atoms with van der Waals surface area (Å²) in [6.07, 6.45) is 0.961. The molecule has 0 saturated carbocycles. The van der Waals surface area contributed by atoms with Crippen molar-refractivity contribution in [1.29, 1.82) is 0 Å². The molecule has 2 heteroatoms. The van der Waals surface area contributed by atoms with E-state index in [1.54, 1.807) is 0 Å². The minimum absolute atomic E-state index is 0.128. The lowest BCUT2D eigenvalue weighted by Gasteiger charge is -2.09. The summed E-state index contributed by atoms with van der Waals surface area (Å²) < 4.78 is 0. The molecule has 0 aromatic heterocycles. The quantitative estimate of drug-likeness (QED) is 0.485. The largest absolute Gasteiger partial charge is 0.118 e. The van der Waals surface area contributed by atoms with Crippen molar-refractivity contribution >= 4 is 27.0 Å². The SMILES string of the molecule is CCC(Cl)c1ccccc1[Si]. The summed E-state index contributed by atoms with van der Waals surface area (Å²) in [4.78, 5) is 0. The molecule has 0 nitrogen and oxygen atoms in total. The molecule has 1 aromatic rings. The van der Waals surface area contributed by atoms with Crippen molar-refractivity contribution in [3.63, 3.8) is 0 Å². The predicted molar refractivity (Wildman–Crippen MR) is 50.7 cm³/mol. The molecular formula is C9H10ClSi. The molecule has 0 amide bonds. The summed E-state index contributed by atoms with van der Waals surface area (Å²) in [5.74, 6) is 0. The van der Waals surface area contributed by atoms with Gasteiger partial charge in [-0.05, 0) is 12.0 Å². The zero-order valence-corrected chi connectivity index (χ0v) is 8.23. The molecule has 0 N–H and O–H groups in total. The molecule has 1 atom stereocenters. The van der Waals surface area contributed by atoms with Gasteiger partial charge in [-0.3, -0.25) is 0 Å². The number of hydrogen-bond donors (Lipinski definition) is 0. The van der Waals surface area contributed by atoms with Gasteiger partial charge < -0.3 is 0 Å². The molecule has 11 heavy (non-hydrogen) atoms. The minimum Gasteiger partial charge on any atom is -0.118 e. The molecule has 0 aliphatic rings. The van der Waals surface area contributed by atoms with Crippen LogP contribution in [0.15, 0.2) is 24.3 Å². The van der Waals surface area contributed by atoms with Crippen LogP contribution in [0.25, 0.3) is 0 Å². The number of halogens is 1. The smallest absolute Gasteiger partial charge is 0.0716 e. The molecule has 0 heterocycles. The number of benzene rings is 1. The zero-order valence-electron chi connectivity index (χ0n) is 6.47. The third-order valence-corrected chi connectivity index (χ3v) is 2.66. The zero-order chi connectivity index (χ0) is 8.27. The molecule has 3 radical (unpaired) electrons. The minimum atomic E-state index is 0.128. The topological polar surface area (TPSA) is 0 Å². The van der Waals surface area contributed by atoms with E-state index in [0.717, 1.165) is 11.6 Å². The highest BCUT2D eigenvalue weighted by Gasteiger charge is 2.05. The molecule has 57 valence electrons. The van der Waals surface area contributed by atoms with E-state index in [2.05, 4.69) is 17.2 Å². The first-order valence-electron chi connectivity index (χ1n) is 3.70. The summed E-state index contributed by atoms with van der Waals surface area (Å²) >= 11 is 6.06. The Morgan fingerprint density at radius 3 is 2.64 bits per heavy atom. The van der Waals surface area contributed by atoms with Crippen molar-refractivity contribution in [3.8, 4) is 0 Å². The van der Waals surface area contributed by atoms with Gasteiger partial charge in [0.15, 0.2) is 0 Å². The van der Waals surface area contributed by atoms with Crippen LogP contribution < -0.4 is 5.19 Å². The highest BCUT2D eigenvalue weighted by atomic mass is 35.5. The fourth-order valence-electron chi connectivity index (χ4n) is 0.990. The molecule has 1 aromatic carbocycles. The van der Waals surface area contributed by atoms with Gasteiger partial charge in [0, 0.05) is 0 Å². The summed E-state index contributed by atoms with van der Waals surface area (Å²) in [5, 5.41) is 1.22. The Hall–Kier alpha value is -0.273. The van der Waals surface area contributed by atoms with Crippen LogP contribution in [0.1, 0.15) is 24.3 Å². The Morgan fingerprint density at radius 2 is 2.09 bits per heavy atom. The first-order chi connectivity index (χ1) is 5.25. The van der Waals surface area contributed by atoms with Gasteiger partial charge in [0.1, 0.15) is 0 Å². The predicted octanol–water partition coefficient (Wildman–Crippen LogP) is 2.17. The second-order valence-corrected chi connectivity index (χ2v) is 3.53. The fourth-order valence-corrected chi connectivity index (χ4v) is 1.63. The van der Waals surface area contributed by atoms with Crippen molar-refractivity contribution in [1.82, 2.24) is 0 Å². The van der Waals surface area contributed by atoms with Crippen LogP contribution in [0.5, 0.6) is 0 Å². The lowest BCUT2D eigenvalue weighted by molar-refractivity contribution is 0.889. The van der Waals surface area contributed by atoms with Crippen molar-refractivity contribution < 1.29 is 0 Å². The normalized spacial score (nSPS) is 13.0. The van der Waals surface area contributed by atoms with Crippen LogP contribution >= 0.6 is 11.6 Å². The third kappa shape index (κ3) is 2.08. The van der Waals surface area contributed by atoms with Gasteiger partial charge in [-0.1, -0.05) is 36.4 Å². The molecule has 0 saturated heterocycles. The van der Waals surface area contributed by atoms with Crippen molar-refractivity contribution in [3.05, 3.63) is 29.8 Å². The van der Waals surface area contributed by atoms with E-state index < -0.39 is 0 Å². The summed E-state index contributed by atoms with van der Waals surface area (Å²) in [6.45, 7) is 2.08. The van der Waals surface area contributed by atoms with Crippen LogP contribution in [0.2, 0.25) is 0 Å². The summed E-state index contributed by atoms with van der Waals surface area (Å²) in [7, 11) is 3.50. The van der Waals surface area contributed by atoms with Crippen LogP contribution in [0.3, 0.4) is 0 Å². The Balaban J connectivity index is 2.93. The molecule has 1 unspecified atom stereocenters. The Bertz CT molecular complexity index is 235. The molecule has 0 aliphatic carbocycles. The number of hydrogen-bond acceptors (Lipinski definition) is 0. The molecule has 0 aliphatic heterocycles. The van der Waals surface area contributed by atoms with Gasteiger partial charge >= 0.3 is 0 Å². The van der Waals surface area contributed by atoms with Gasteiger partial charge in [-0.25, -0.2) is 0 Å². The second kappa shape index (κ2) is 3.93. The van der Waals surface area contributed by atoms with Crippen molar-refractivity contribution in [2.24, 2.45) is 0 Å². The van der Waals surface area contributed by atoms with Crippen LogP contribution in [0, 0.1) is 0 Å². The van der Waals surface area contributed by atoms with Crippen molar-refractivity contribution in [2.75, 3.05) is 0 Å². The van der Waals surface area contributed by atoms with E-state index in [1.165, 1.54) is 5.56 Å². The van der Waals surface area contributed by atoms with Crippen LogP contribution in [0.4, 0.5) is 0 Å². The standard InChI is InChI=1S/C9H10ClSi/c1-2-8(10)7-5-3-4-6-9(7)11/h3-6,8H,2H2,1H3. The summed E-state index contributed by atoms with van der Waals surface area (Å²) in [5.41, 5.74) is 1.17. The average molecular weight is 182 g/mol. The first kappa shape index (κ1) is 8.82. The highest BCUT2D eigenvalue weighted by Crippen LogP contribution is 2.20. The molecular weight excluding hydrogens is 172 g/mol. The maximum Gasteiger partial charge on any atom is 0.0716 e. The molecule has 0 spiro atoms. The lowest BCUT2D eigenvalue weighted by atomic mass is 10.1. The summed E-state index contributed by atoms with van der Waals surface area (Å²) in [6, 6.07) is 8.05. The maximum atomic E-state index is 6.06. The average Bonchev–Trinajstić information content (AvgIpc) is 2.04. The van der Waals surface area contributed by atoms with Crippen molar-refractivity contribution in [2.45, 2.75) is 18.7 Å². The third-order valence-electron chi connectivity index (χ3n) is 1.66. The van der Waals surface area contributed by atoms with E-state index in [9.17, 15) is 0 Å². The van der Waals surface area contributed by atoms with Gasteiger partial charge in [-0.15, -0.1) is 11.6 Å². The van der Waals surface area contributed by atoms with Gasteiger partial charge in [0.05, 0.1) is 15.6 Å². The van der Waals surface area contributed by atoms with E-state index in [4.69, 9.17) is 11.6 Å². The van der Waals surface area contributed by atoms with Crippen LogP contribution in [-0.2, 0) is 0 Å². The van der Waals surface area contributed by atoms with Gasteiger partial charge in [0.25, 0.3) is 0 Å². The monoisotopic (exact) mass is 181 g/mol. The van der Waals surface area contributed by atoms with Gasteiger partial charge in [-0.2, -0.15) is 0 Å². The Kier molecular flexibility index (Phi) is 3.15. The first-order valence-corrected chi connectivity index (χ1v) is 4.64. The van der Waals surface area contributed by atoms with E-state index in [1.807, 2.05) is 24.3 Å². The van der Waals surface area contributed by atoms with Crippen LogP contribution in [-0.4, -0.2) is 10.2 Å². The number of rotatable bonds is 2. The maximum absolute atomic E-state index is 6.06. The van der Waals surface area contributed by atoms with Gasteiger partial charge in [0.2, 0.25) is 0 Å². The second-order valence-electron chi connectivity index (χ2n) is 2.46. The highest BCUT2D eigenvalue weighted by molar-refractivity contribution is 6.34. The Morgan fingerprint density at radius 1 is 1.45 bits per heavy atom. The van der Waals surface area contributed by atoms with E-state index in [-0.39, 0.29) is 5.38 Å². The molecule has 0 fully saturated rings. The lowest BCUT2D eigenvalue weighted by Crippen LogP contribution is -2.10. The fraction of sp³-hybridized carbons (Fsp3) is 0.333. The molecule has 1 rings (SSSR count). The molecule has 0 bridgehead atoms. The van der Waals surface area contributed by atoms with E-state index in [0.29, 0.717) is 0 Å². The van der Waals surface area contributed by atoms with E-state index >= 15 is 0 Å². The Labute approximate surface area is 76.0 Å².